The van der Waals surface area contributed by atoms with E-state index in [2.05, 4.69) is 5.32 Å². The van der Waals surface area contributed by atoms with Gasteiger partial charge in [-0.1, -0.05) is 6.07 Å². The zero-order valence-electron chi connectivity index (χ0n) is 15.7. The van der Waals surface area contributed by atoms with Gasteiger partial charge in [0.1, 0.15) is 12.4 Å². The Labute approximate surface area is 166 Å². The third-order valence-electron chi connectivity index (χ3n) is 4.34. The topological polar surface area (TPSA) is 60.3 Å². The van der Waals surface area contributed by atoms with Crippen LogP contribution in [0.3, 0.4) is 0 Å². The largest absolute Gasteiger partial charge is 0.462 e. The minimum atomic E-state index is -0.443. The molecule has 2 aromatic heterocycles. The number of amides is 1. The van der Waals surface area contributed by atoms with Crippen LogP contribution in [0.15, 0.2) is 47.8 Å². The highest BCUT2D eigenvalue weighted by Crippen LogP contribution is 2.27. The van der Waals surface area contributed by atoms with Crippen LogP contribution >= 0.6 is 11.3 Å². The second kappa shape index (κ2) is 8.84. The van der Waals surface area contributed by atoms with Crippen molar-refractivity contribution >= 4 is 23.2 Å². The van der Waals surface area contributed by atoms with Gasteiger partial charge in [-0.15, -0.1) is 11.3 Å². The smallest absolute Gasteiger partial charge is 0.339 e. The van der Waals surface area contributed by atoms with Crippen molar-refractivity contribution in [3.63, 3.8) is 0 Å². The molecule has 146 valence electrons. The van der Waals surface area contributed by atoms with Crippen molar-refractivity contribution in [2.75, 3.05) is 6.61 Å². The van der Waals surface area contributed by atoms with Gasteiger partial charge in [-0.2, -0.15) is 0 Å². The average Bonchev–Trinajstić information content (AvgIpc) is 3.30. The fourth-order valence-electron chi connectivity index (χ4n) is 2.92. The monoisotopic (exact) mass is 400 g/mol. The first-order valence-electron chi connectivity index (χ1n) is 8.92. The lowest BCUT2D eigenvalue weighted by atomic mass is 10.1. The van der Waals surface area contributed by atoms with Crippen molar-refractivity contribution in [3.8, 4) is 11.3 Å². The number of hydrogen-bond donors (Lipinski definition) is 1. The molecular formula is C21H21FN2O3S. The SMILES string of the molecule is CCOC(=O)c1cc(-c2ccc(F)cc2)n(CC(=O)NCc2cccs2)c1C. The maximum atomic E-state index is 13.3. The van der Waals surface area contributed by atoms with Crippen molar-refractivity contribution in [3.05, 3.63) is 69.8 Å². The summed E-state index contributed by atoms with van der Waals surface area (Å²) in [7, 11) is 0. The number of benzene rings is 1. The van der Waals surface area contributed by atoms with Crippen molar-refractivity contribution in [1.82, 2.24) is 9.88 Å². The molecule has 0 atom stereocenters. The summed E-state index contributed by atoms with van der Waals surface area (Å²) in [6.45, 7) is 4.27. The minimum Gasteiger partial charge on any atom is -0.462 e. The molecular weight excluding hydrogens is 379 g/mol. The zero-order chi connectivity index (χ0) is 20.1. The van der Waals surface area contributed by atoms with E-state index in [1.54, 1.807) is 48.0 Å². The molecule has 0 bridgehead atoms. The highest BCUT2D eigenvalue weighted by Gasteiger charge is 2.21. The predicted octanol–water partition coefficient (Wildman–Crippen LogP) is 4.16. The van der Waals surface area contributed by atoms with Crippen molar-refractivity contribution < 1.29 is 18.7 Å². The summed E-state index contributed by atoms with van der Waals surface area (Å²) in [6.07, 6.45) is 0. The number of esters is 1. The summed E-state index contributed by atoms with van der Waals surface area (Å²) < 4.78 is 20.2. The van der Waals surface area contributed by atoms with Crippen LogP contribution in [0.2, 0.25) is 0 Å². The Morgan fingerprint density at radius 2 is 1.96 bits per heavy atom. The minimum absolute atomic E-state index is 0.0450. The molecule has 0 radical (unpaired) electrons. The zero-order valence-corrected chi connectivity index (χ0v) is 16.5. The average molecular weight is 400 g/mol. The second-order valence-electron chi connectivity index (χ2n) is 6.20. The van der Waals surface area contributed by atoms with E-state index in [1.807, 2.05) is 17.5 Å². The van der Waals surface area contributed by atoms with Crippen LogP contribution in [0.5, 0.6) is 0 Å². The lowest BCUT2D eigenvalue weighted by Gasteiger charge is -2.12. The number of nitrogens with one attached hydrogen (secondary N) is 1. The van der Waals surface area contributed by atoms with Gasteiger partial charge in [0.15, 0.2) is 0 Å². The first-order valence-corrected chi connectivity index (χ1v) is 9.79. The van der Waals surface area contributed by atoms with Gasteiger partial charge in [-0.05, 0) is 61.2 Å². The highest BCUT2D eigenvalue weighted by molar-refractivity contribution is 7.09. The summed E-state index contributed by atoms with van der Waals surface area (Å²) in [6, 6.07) is 11.5. The van der Waals surface area contributed by atoms with Gasteiger partial charge in [-0.25, -0.2) is 9.18 Å². The summed E-state index contributed by atoms with van der Waals surface area (Å²) in [4.78, 5) is 25.8. The molecule has 5 nitrogen and oxygen atoms in total. The maximum absolute atomic E-state index is 13.3. The Morgan fingerprint density at radius 3 is 2.61 bits per heavy atom. The molecule has 1 N–H and O–H groups in total. The third-order valence-corrected chi connectivity index (χ3v) is 5.22. The molecule has 0 fully saturated rings. The Bertz CT molecular complexity index is 962. The van der Waals surface area contributed by atoms with E-state index in [0.29, 0.717) is 29.1 Å². The Kier molecular flexibility index (Phi) is 6.26. The van der Waals surface area contributed by atoms with E-state index in [4.69, 9.17) is 4.74 Å². The molecule has 0 saturated heterocycles. The van der Waals surface area contributed by atoms with E-state index in [1.165, 1.54) is 12.1 Å². The number of halogens is 1. The standard InChI is InChI=1S/C21H21FN2O3S/c1-3-27-21(26)18-11-19(15-6-8-16(22)9-7-15)24(14(18)2)13-20(25)23-12-17-5-4-10-28-17/h4-11H,3,12-13H2,1-2H3,(H,23,25). The summed E-state index contributed by atoms with van der Waals surface area (Å²) in [5, 5.41) is 4.84. The van der Waals surface area contributed by atoms with E-state index in [0.717, 1.165) is 4.88 Å². The number of ether oxygens (including phenoxy) is 1. The fourth-order valence-corrected chi connectivity index (χ4v) is 3.57. The van der Waals surface area contributed by atoms with E-state index >= 15 is 0 Å². The molecule has 3 rings (SSSR count). The molecule has 1 amide bonds. The van der Waals surface area contributed by atoms with Crippen LogP contribution in [-0.2, 0) is 22.6 Å². The lowest BCUT2D eigenvalue weighted by Crippen LogP contribution is -2.27. The summed E-state index contributed by atoms with van der Waals surface area (Å²) in [5.41, 5.74) is 2.40. The first kappa shape index (κ1) is 19.8. The lowest BCUT2D eigenvalue weighted by molar-refractivity contribution is -0.121. The number of rotatable bonds is 7. The molecule has 3 aromatic rings. The molecule has 0 aliphatic carbocycles. The number of thiophene rings is 1. The van der Waals surface area contributed by atoms with Gasteiger partial charge >= 0.3 is 5.97 Å². The number of carbonyl (C=O) groups excluding carboxylic acids is 2. The van der Waals surface area contributed by atoms with Crippen LogP contribution in [-0.4, -0.2) is 23.1 Å². The van der Waals surface area contributed by atoms with Gasteiger partial charge in [-0.3, -0.25) is 4.79 Å². The fraction of sp³-hybridized carbons (Fsp3) is 0.238. The summed E-state index contributed by atoms with van der Waals surface area (Å²) in [5.74, 6) is -0.968. The van der Waals surface area contributed by atoms with Gasteiger partial charge in [0, 0.05) is 16.3 Å². The van der Waals surface area contributed by atoms with Crippen molar-refractivity contribution in [2.45, 2.75) is 26.9 Å². The Balaban J connectivity index is 1.89. The second-order valence-corrected chi connectivity index (χ2v) is 7.23. The van der Waals surface area contributed by atoms with Crippen LogP contribution < -0.4 is 5.32 Å². The number of aromatic nitrogens is 1. The number of nitrogens with zero attached hydrogens (tertiary/aromatic N) is 1. The van der Waals surface area contributed by atoms with Gasteiger partial charge in [0.2, 0.25) is 5.91 Å². The first-order chi connectivity index (χ1) is 13.5. The van der Waals surface area contributed by atoms with E-state index in [-0.39, 0.29) is 24.9 Å². The molecule has 0 aliphatic rings. The molecule has 2 heterocycles. The van der Waals surface area contributed by atoms with E-state index < -0.39 is 5.97 Å². The van der Waals surface area contributed by atoms with Crippen LogP contribution in [0.1, 0.15) is 27.9 Å². The molecule has 1 aromatic carbocycles. The molecule has 0 saturated carbocycles. The van der Waals surface area contributed by atoms with Crippen LogP contribution in [0.25, 0.3) is 11.3 Å². The van der Waals surface area contributed by atoms with Crippen LogP contribution in [0.4, 0.5) is 4.39 Å². The molecule has 28 heavy (non-hydrogen) atoms. The Hall–Kier alpha value is -2.93. The van der Waals surface area contributed by atoms with Gasteiger partial charge < -0.3 is 14.6 Å². The molecule has 7 heteroatoms. The third kappa shape index (κ3) is 4.48. The normalized spacial score (nSPS) is 10.7. The quantitative estimate of drug-likeness (QED) is 0.606. The van der Waals surface area contributed by atoms with Crippen molar-refractivity contribution in [2.24, 2.45) is 0 Å². The van der Waals surface area contributed by atoms with Gasteiger partial charge in [0.05, 0.1) is 18.7 Å². The number of carbonyl (C=O) groups is 2. The predicted molar refractivity (Wildman–Crippen MR) is 107 cm³/mol. The maximum Gasteiger partial charge on any atom is 0.339 e. The number of hydrogen-bond acceptors (Lipinski definition) is 4. The van der Waals surface area contributed by atoms with Crippen molar-refractivity contribution in [1.29, 1.82) is 0 Å². The Morgan fingerprint density at radius 1 is 1.21 bits per heavy atom. The summed E-state index contributed by atoms with van der Waals surface area (Å²) >= 11 is 1.57. The molecule has 0 aliphatic heterocycles. The van der Waals surface area contributed by atoms with Crippen LogP contribution in [0, 0.1) is 12.7 Å². The van der Waals surface area contributed by atoms with E-state index in [9.17, 15) is 14.0 Å². The van der Waals surface area contributed by atoms with Gasteiger partial charge in [0.25, 0.3) is 0 Å². The highest BCUT2D eigenvalue weighted by atomic mass is 32.1. The molecule has 0 spiro atoms. The molecule has 0 unspecified atom stereocenters.